The van der Waals surface area contributed by atoms with Crippen molar-refractivity contribution < 1.29 is 14.7 Å². The van der Waals surface area contributed by atoms with Crippen LogP contribution in [0, 0.1) is 30.6 Å². The molecule has 1 amide bonds. The van der Waals surface area contributed by atoms with Gasteiger partial charge in [-0.15, -0.1) is 11.3 Å². The molecule has 158 valence electrons. The van der Waals surface area contributed by atoms with E-state index in [4.69, 9.17) is 4.98 Å². The Balaban J connectivity index is 1.29. The summed E-state index contributed by atoms with van der Waals surface area (Å²) in [7, 11) is 0. The molecule has 1 heterocycles. The van der Waals surface area contributed by atoms with Crippen molar-refractivity contribution in [2.75, 3.05) is 5.32 Å². The van der Waals surface area contributed by atoms with E-state index < -0.39 is 17.8 Å². The van der Waals surface area contributed by atoms with Crippen LogP contribution in [0.2, 0.25) is 0 Å². The summed E-state index contributed by atoms with van der Waals surface area (Å²) in [4.78, 5) is 29.3. The standard InChI is InChI=1S/C24H22N2O3S2/c1-13-3-2-4-14(9-13)12-30-24-26-18-8-7-17(11-19(18)31-24)25-22(27)20-15-5-6-16(10-15)21(20)23(28)29/h2-9,11,15-16,20-21H,10,12H2,1H3,(H,25,27)(H,28,29)/t15-,16-,20+,21-/m0/s1. The van der Waals surface area contributed by atoms with Gasteiger partial charge in [-0.2, -0.15) is 0 Å². The minimum absolute atomic E-state index is 0.0165. The van der Waals surface area contributed by atoms with Gasteiger partial charge in [0.2, 0.25) is 5.91 Å². The van der Waals surface area contributed by atoms with Gasteiger partial charge in [-0.1, -0.05) is 53.7 Å². The van der Waals surface area contributed by atoms with E-state index in [-0.39, 0.29) is 17.7 Å². The number of anilines is 1. The third-order valence-electron chi connectivity index (χ3n) is 6.13. The summed E-state index contributed by atoms with van der Waals surface area (Å²) in [5, 5.41) is 12.5. The number of nitrogens with zero attached hydrogens (tertiary/aromatic N) is 1. The van der Waals surface area contributed by atoms with E-state index in [9.17, 15) is 14.7 Å². The average Bonchev–Trinajstić information content (AvgIpc) is 3.45. The van der Waals surface area contributed by atoms with E-state index >= 15 is 0 Å². The van der Waals surface area contributed by atoms with E-state index in [2.05, 4.69) is 36.5 Å². The van der Waals surface area contributed by atoms with Gasteiger partial charge in [-0.3, -0.25) is 9.59 Å². The Hall–Kier alpha value is -2.64. The number of thiazole rings is 1. The lowest BCUT2D eigenvalue weighted by Crippen LogP contribution is -2.36. The van der Waals surface area contributed by atoms with Gasteiger partial charge in [-0.05, 0) is 48.9 Å². The predicted octanol–water partition coefficient (Wildman–Crippen LogP) is 5.36. The summed E-state index contributed by atoms with van der Waals surface area (Å²) in [5.74, 6) is -1.39. The van der Waals surface area contributed by atoms with Crippen molar-refractivity contribution in [3.63, 3.8) is 0 Å². The lowest BCUT2D eigenvalue weighted by Gasteiger charge is -2.23. The zero-order chi connectivity index (χ0) is 21.5. The van der Waals surface area contributed by atoms with Gasteiger partial charge >= 0.3 is 5.97 Å². The van der Waals surface area contributed by atoms with Gasteiger partial charge < -0.3 is 10.4 Å². The SMILES string of the molecule is Cc1cccc(CSc2nc3ccc(NC(=O)[C@H]4[C@@H](C(=O)O)[C@H]5C=C[C@H]4C5)cc3s2)c1. The Morgan fingerprint density at radius 1 is 1.16 bits per heavy atom. The largest absolute Gasteiger partial charge is 0.481 e. The molecule has 3 aromatic rings. The highest BCUT2D eigenvalue weighted by molar-refractivity contribution is 8.00. The molecule has 0 saturated heterocycles. The summed E-state index contributed by atoms with van der Waals surface area (Å²) >= 11 is 3.31. The van der Waals surface area contributed by atoms with Gasteiger partial charge in [0.1, 0.15) is 0 Å². The molecule has 5 nitrogen and oxygen atoms in total. The maximum atomic E-state index is 12.9. The number of carboxylic acids is 1. The molecule has 1 saturated carbocycles. The average molecular weight is 451 g/mol. The van der Waals surface area contributed by atoms with Crippen LogP contribution in [0.15, 0.2) is 59.0 Å². The van der Waals surface area contributed by atoms with Crippen molar-refractivity contribution >= 4 is 50.9 Å². The molecule has 7 heteroatoms. The molecule has 0 aliphatic heterocycles. The molecule has 2 aromatic carbocycles. The number of carbonyl (C=O) groups excluding carboxylic acids is 1. The number of aryl methyl sites for hydroxylation is 1. The lowest BCUT2D eigenvalue weighted by atomic mass is 9.82. The number of fused-ring (bicyclic) bond motifs is 3. The molecule has 0 unspecified atom stereocenters. The van der Waals surface area contributed by atoms with Crippen LogP contribution in [-0.4, -0.2) is 22.0 Å². The highest BCUT2D eigenvalue weighted by Crippen LogP contribution is 2.48. The predicted molar refractivity (Wildman–Crippen MR) is 124 cm³/mol. The summed E-state index contributed by atoms with van der Waals surface area (Å²) in [6.45, 7) is 2.09. The number of hydrogen-bond acceptors (Lipinski definition) is 5. The van der Waals surface area contributed by atoms with Crippen molar-refractivity contribution in [2.45, 2.75) is 23.4 Å². The van der Waals surface area contributed by atoms with Gasteiger partial charge in [0, 0.05) is 11.4 Å². The van der Waals surface area contributed by atoms with Gasteiger partial charge in [0.25, 0.3) is 0 Å². The first kappa shape index (κ1) is 20.3. The first-order valence-electron chi connectivity index (χ1n) is 10.3. The highest BCUT2D eigenvalue weighted by Gasteiger charge is 2.51. The molecule has 1 fully saturated rings. The fourth-order valence-electron chi connectivity index (χ4n) is 4.73. The van der Waals surface area contributed by atoms with Crippen LogP contribution < -0.4 is 5.32 Å². The maximum absolute atomic E-state index is 12.9. The third kappa shape index (κ3) is 4.00. The molecular weight excluding hydrogens is 428 g/mol. The van der Waals surface area contributed by atoms with Crippen molar-refractivity contribution in [1.82, 2.24) is 4.98 Å². The van der Waals surface area contributed by atoms with Gasteiger partial charge in [-0.25, -0.2) is 4.98 Å². The molecule has 31 heavy (non-hydrogen) atoms. The number of allylic oxidation sites excluding steroid dienone is 2. The number of aromatic nitrogens is 1. The van der Waals surface area contributed by atoms with Crippen LogP contribution >= 0.6 is 23.1 Å². The number of rotatable bonds is 6. The quantitative estimate of drug-likeness (QED) is 0.390. The van der Waals surface area contributed by atoms with E-state index in [1.54, 1.807) is 23.1 Å². The Morgan fingerprint density at radius 3 is 2.74 bits per heavy atom. The molecule has 2 N–H and O–H groups in total. The van der Waals surface area contributed by atoms with Crippen molar-refractivity contribution in [3.8, 4) is 0 Å². The number of amides is 1. The minimum atomic E-state index is -0.884. The summed E-state index contributed by atoms with van der Waals surface area (Å²) in [5.41, 5.74) is 4.11. The van der Waals surface area contributed by atoms with Crippen molar-refractivity contribution in [3.05, 3.63) is 65.7 Å². The normalized spacial score (nSPS) is 24.0. The van der Waals surface area contributed by atoms with Crippen LogP contribution in [-0.2, 0) is 15.3 Å². The first-order valence-corrected chi connectivity index (χ1v) is 12.1. The van der Waals surface area contributed by atoms with Crippen LogP contribution in [0.3, 0.4) is 0 Å². The van der Waals surface area contributed by atoms with E-state index in [1.807, 2.05) is 30.4 Å². The number of benzene rings is 2. The molecule has 1 aromatic heterocycles. The molecule has 0 radical (unpaired) electrons. The Kier molecular flexibility index (Phi) is 5.32. The minimum Gasteiger partial charge on any atom is -0.481 e. The van der Waals surface area contributed by atoms with Crippen LogP contribution in [0.1, 0.15) is 17.5 Å². The Bertz CT molecular complexity index is 1200. The third-order valence-corrected chi connectivity index (χ3v) is 8.36. The molecule has 5 rings (SSSR count). The van der Waals surface area contributed by atoms with Gasteiger partial charge in [0.15, 0.2) is 4.34 Å². The summed E-state index contributed by atoms with van der Waals surface area (Å²) in [6, 6.07) is 14.1. The monoisotopic (exact) mass is 450 g/mol. The van der Waals surface area contributed by atoms with E-state index in [0.717, 1.165) is 26.7 Å². The molecule has 0 spiro atoms. The second-order valence-electron chi connectivity index (χ2n) is 8.27. The van der Waals surface area contributed by atoms with E-state index in [1.165, 1.54) is 11.1 Å². The van der Waals surface area contributed by atoms with E-state index in [0.29, 0.717) is 5.69 Å². The molecular formula is C24H22N2O3S2. The van der Waals surface area contributed by atoms with Crippen LogP contribution in [0.5, 0.6) is 0 Å². The smallest absolute Gasteiger partial charge is 0.307 e. The number of hydrogen-bond donors (Lipinski definition) is 2. The second-order valence-corrected chi connectivity index (χ2v) is 10.5. The number of aliphatic carboxylic acids is 1. The molecule has 4 atom stereocenters. The van der Waals surface area contributed by atoms with Crippen molar-refractivity contribution in [1.29, 1.82) is 0 Å². The van der Waals surface area contributed by atoms with Crippen molar-refractivity contribution in [2.24, 2.45) is 23.7 Å². The molecule has 2 aliphatic rings. The summed E-state index contributed by atoms with van der Waals surface area (Å²) < 4.78 is 2.00. The molecule has 2 aliphatic carbocycles. The second kappa shape index (κ2) is 8.13. The lowest BCUT2D eigenvalue weighted by molar-refractivity contribution is -0.146. The first-order chi connectivity index (χ1) is 15.0. The fraction of sp³-hybridized carbons (Fsp3) is 0.292. The Morgan fingerprint density at radius 2 is 1.97 bits per heavy atom. The highest BCUT2D eigenvalue weighted by atomic mass is 32.2. The summed E-state index contributed by atoms with van der Waals surface area (Å²) in [6.07, 6.45) is 4.70. The zero-order valence-electron chi connectivity index (χ0n) is 16.9. The van der Waals surface area contributed by atoms with Gasteiger partial charge in [0.05, 0.1) is 22.1 Å². The Labute approximate surface area is 188 Å². The maximum Gasteiger partial charge on any atom is 0.307 e. The number of thioether (sulfide) groups is 1. The van der Waals surface area contributed by atoms with Crippen LogP contribution in [0.25, 0.3) is 10.2 Å². The number of carboxylic acid groups (broad SMARTS) is 1. The topological polar surface area (TPSA) is 79.3 Å². The zero-order valence-corrected chi connectivity index (χ0v) is 18.6. The number of carbonyl (C=O) groups is 2. The van der Waals surface area contributed by atoms with Crippen LogP contribution in [0.4, 0.5) is 5.69 Å². The number of nitrogens with one attached hydrogen (secondary N) is 1. The fourth-order valence-corrected chi connectivity index (χ4v) is 6.78. The molecule has 2 bridgehead atoms.